The first-order valence-corrected chi connectivity index (χ1v) is 9.24. The summed E-state index contributed by atoms with van der Waals surface area (Å²) in [5, 5.41) is 10.4. The van der Waals surface area contributed by atoms with Gasteiger partial charge in [0.2, 0.25) is 0 Å². The quantitative estimate of drug-likeness (QED) is 0.637. The second-order valence-corrected chi connectivity index (χ2v) is 7.14. The molecule has 1 aliphatic rings. The van der Waals surface area contributed by atoms with Crippen LogP contribution in [0.1, 0.15) is 18.5 Å². The molecule has 1 heterocycles. The van der Waals surface area contributed by atoms with Gasteiger partial charge in [-0.3, -0.25) is 4.79 Å². The smallest absolute Gasteiger partial charge is 0.255 e. The summed E-state index contributed by atoms with van der Waals surface area (Å²) in [5.74, 6) is 0.271. The van der Waals surface area contributed by atoms with Gasteiger partial charge in [-0.15, -0.1) is 0 Å². The van der Waals surface area contributed by atoms with Crippen LogP contribution in [0.2, 0.25) is 10.0 Å². The van der Waals surface area contributed by atoms with Gasteiger partial charge < -0.3 is 20.7 Å². The van der Waals surface area contributed by atoms with E-state index in [0.717, 1.165) is 0 Å². The molecule has 0 aromatic heterocycles. The predicted octanol–water partition coefficient (Wildman–Crippen LogP) is 4.43. The first-order valence-electron chi connectivity index (χ1n) is 8.08. The Balaban J connectivity index is 2.00. The maximum atomic E-state index is 13.1. The number of nitrogens with one attached hydrogen (secondary N) is 3. The summed E-state index contributed by atoms with van der Waals surface area (Å²) < 4.78 is 5.30. The minimum atomic E-state index is -0.516. The molecule has 0 fully saturated rings. The van der Waals surface area contributed by atoms with E-state index in [0.29, 0.717) is 43.4 Å². The van der Waals surface area contributed by atoms with Crippen LogP contribution in [0.25, 0.3) is 0 Å². The molecule has 2 aromatic carbocycles. The number of hydrogen-bond donors (Lipinski definition) is 3. The maximum absolute atomic E-state index is 13.1. The molecule has 5 nitrogen and oxygen atoms in total. The normalized spacial score (nSPS) is 16.4. The van der Waals surface area contributed by atoms with Crippen LogP contribution in [0.3, 0.4) is 0 Å². The molecule has 3 rings (SSSR count). The van der Waals surface area contributed by atoms with Gasteiger partial charge in [-0.1, -0.05) is 41.4 Å². The Labute approximate surface area is 172 Å². The summed E-state index contributed by atoms with van der Waals surface area (Å²) in [6.07, 6.45) is 0. The van der Waals surface area contributed by atoms with Gasteiger partial charge in [0.25, 0.3) is 5.91 Å². The van der Waals surface area contributed by atoms with Crippen LogP contribution in [0, 0.1) is 0 Å². The van der Waals surface area contributed by atoms with E-state index in [4.69, 9.17) is 40.2 Å². The summed E-state index contributed by atoms with van der Waals surface area (Å²) in [5.41, 5.74) is 2.38. The van der Waals surface area contributed by atoms with Crippen molar-refractivity contribution in [2.75, 3.05) is 12.4 Å². The highest BCUT2D eigenvalue weighted by Crippen LogP contribution is 2.34. The van der Waals surface area contributed by atoms with Gasteiger partial charge in [0, 0.05) is 15.7 Å². The summed E-state index contributed by atoms with van der Waals surface area (Å²) >= 11 is 17.6. The van der Waals surface area contributed by atoms with E-state index in [2.05, 4.69) is 16.0 Å². The first-order chi connectivity index (χ1) is 12.9. The van der Waals surface area contributed by atoms with E-state index in [9.17, 15) is 4.79 Å². The van der Waals surface area contributed by atoms with E-state index < -0.39 is 6.04 Å². The SMILES string of the molecule is COc1ccccc1NC(=O)C1=C(C)NC(=S)NC1c1ccc(Cl)cc1Cl. The summed E-state index contributed by atoms with van der Waals surface area (Å²) in [4.78, 5) is 13.1. The molecule has 0 spiro atoms. The van der Waals surface area contributed by atoms with E-state index >= 15 is 0 Å². The number of methoxy groups -OCH3 is 1. The van der Waals surface area contributed by atoms with Crippen molar-refractivity contribution in [1.82, 2.24) is 10.6 Å². The van der Waals surface area contributed by atoms with Crippen molar-refractivity contribution in [1.29, 1.82) is 0 Å². The summed E-state index contributed by atoms with van der Waals surface area (Å²) in [6, 6.07) is 11.8. The fourth-order valence-corrected chi connectivity index (χ4v) is 3.69. The first kappa shape index (κ1) is 19.5. The van der Waals surface area contributed by atoms with Crippen molar-refractivity contribution in [3.8, 4) is 5.75 Å². The molecule has 0 aliphatic carbocycles. The lowest BCUT2D eigenvalue weighted by Crippen LogP contribution is -2.45. The zero-order valence-electron chi connectivity index (χ0n) is 14.6. The van der Waals surface area contributed by atoms with Gasteiger partial charge in [-0.2, -0.15) is 0 Å². The lowest BCUT2D eigenvalue weighted by molar-refractivity contribution is -0.113. The maximum Gasteiger partial charge on any atom is 0.255 e. The molecule has 0 saturated heterocycles. The number of hydrogen-bond acceptors (Lipinski definition) is 3. The minimum Gasteiger partial charge on any atom is -0.495 e. The monoisotopic (exact) mass is 421 g/mol. The fourth-order valence-electron chi connectivity index (χ4n) is 2.90. The molecule has 3 N–H and O–H groups in total. The van der Waals surface area contributed by atoms with Gasteiger partial charge in [-0.25, -0.2) is 0 Å². The number of allylic oxidation sites excluding steroid dienone is 1. The Morgan fingerprint density at radius 2 is 1.96 bits per heavy atom. The Kier molecular flexibility index (Phi) is 5.89. The summed E-state index contributed by atoms with van der Waals surface area (Å²) in [7, 11) is 1.55. The molecular formula is C19H17Cl2N3O2S. The number of halogens is 2. The van der Waals surface area contributed by atoms with Crippen molar-refractivity contribution in [2.24, 2.45) is 0 Å². The number of para-hydroxylation sites is 2. The highest BCUT2D eigenvalue weighted by atomic mass is 35.5. The lowest BCUT2D eigenvalue weighted by atomic mass is 9.95. The number of rotatable bonds is 4. The van der Waals surface area contributed by atoms with Gasteiger partial charge in [0.05, 0.1) is 24.4 Å². The highest BCUT2D eigenvalue weighted by molar-refractivity contribution is 7.80. The predicted molar refractivity (Wildman–Crippen MR) is 112 cm³/mol. The number of carbonyl (C=O) groups is 1. The van der Waals surface area contributed by atoms with E-state index in [1.807, 2.05) is 12.1 Å². The average molecular weight is 422 g/mol. The van der Waals surface area contributed by atoms with E-state index in [1.165, 1.54) is 0 Å². The van der Waals surface area contributed by atoms with Crippen molar-refractivity contribution < 1.29 is 9.53 Å². The second kappa shape index (κ2) is 8.17. The molecule has 1 unspecified atom stereocenters. The van der Waals surface area contributed by atoms with Gasteiger partial charge >= 0.3 is 0 Å². The van der Waals surface area contributed by atoms with Crippen LogP contribution in [-0.2, 0) is 4.79 Å². The third kappa shape index (κ3) is 4.18. The lowest BCUT2D eigenvalue weighted by Gasteiger charge is -2.31. The van der Waals surface area contributed by atoms with E-state index in [1.54, 1.807) is 44.4 Å². The van der Waals surface area contributed by atoms with Crippen LogP contribution in [0.5, 0.6) is 5.75 Å². The molecule has 0 bridgehead atoms. The Hall–Kier alpha value is -2.28. The number of carbonyl (C=O) groups excluding carboxylic acids is 1. The van der Waals surface area contributed by atoms with Crippen molar-refractivity contribution in [3.05, 3.63) is 69.3 Å². The molecule has 0 saturated carbocycles. The molecule has 8 heteroatoms. The number of benzene rings is 2. The van der Waals surface area contributed by atoms with Crippen molar-refractivity contribution >= 4 is 52.1 Å². The standard InChI is InChI=1S/C19H17Cl2N3O2S/c1-10-16(18(25)23-14-5-3-4-6-15(14)26-2)17(24-19(27)22-10)12-8-7-11(20)9-13(12)21/h3-9,17H,1-2H3,(H,23,25)(H2,22,24,27). The number of amides is 1. The fraction of sp³-hybridized carbons (Fsp3) is 0.158. The molecule has 0 radical (unpaired) electrons. The van der Waals surface area contributed by atoms with Gasteiger partial charge in [-0.05, 0) is 49.0 Å². The third-order valence-electron chi connectivity index (χ3n) is 4.14. The molecular weight excluding hydrogens is 405 g/mol. The number of thiocarbonyl (C=S) groups is 1. The Bertz CT molecular complexity index is 946. The third-order valence-corrected chi connectivity index (χ3v) is 4.92. The molecule has 1 aliphatic heterocycles. The zero-order valence-corrected chi connectivity index (χ0v) is 16.9. The highest BCUT2D eigenvalue weighted by Gasteiger charge is 2.31. The number of ether oxygens (including phenoxy) is 1. The van der Waals surface area contributed by atoms with Crippen LogP contribution in [-0.4, -0.2) is 18.1 Å². The molecule has 1 amide bonds. The van der Waals surface area contributed by atoms with Crippen LogP contribution >= 0.6 is 35.4 Å². The zero-order chi connectivity index (χ0) is 19.6. The Morgan fingerprint density at radius 1 is 1.22 bits per heavy atom. The van der Waals surface area contributed by atoms with Crippen LogP contribution < -0.4 is 20.7 Å². The summed E-state index contributed by atoms with van der Waals surface area (Å²) in [6.45, 7) is 1.79. The van der Waals surface area contributed by atoms with Gasteiger partial charge in [0.1, 0.15) is 5.75 Å². The molecule has 1 atom stereocenters. The average Bonchev–Trinajstić information content (AvgIpc) is 2.61. The second-order valence-electron chi connectivity index (χ2n) is 5.89. The van der Waals surface area contributed by atoms with Crippen molar-refractivity contribution in [3.63, 3.8) is 0 Å². The van der Waals surface area contributed by atoms with E-state index in [-0.39, 0.29) is 5.91 Å². The van der Waals surface area contributed by atoms with Crippen LogP contribution in [0.4, 0.5) is 5.69 Å². The minimum absolute atomic E-state index is 0.296. The largest absolute Gasteiger partial charge is 0.495 e. The Morgan fingerprint density at radius 3 is 2.67 bits per heavy atom. The topological polar surface area (TPSA) is 62.4 Å². The number of anilines is 1. The van der Waals surface area contributed by atoms with Crippen LogP contribution in [0.15, 0.2) is 53.7 Å². The van der Waals surface area contributed by atoms with Crippen molar-refractivity contribution in [2.45, 2.75) is 13.0 Å². The molecule has 140 valence electrons. The molecule has 27 heavy (non-hydrogen) atoms. The molecule has 2 aromatic rings. The van der Waals surface area contributed by atoms with Gasteiger partial charge in [0.15, 0.2) is 5.11 Å².